The minimum atomic E-state index is -4.64. The van der Waals surface area contributed by atoms with Crippen LogP contribution in [0.5, 0.6) is 0 Å². The molecule has 2 fully saturated rings. The van der Waals surface area contributed by atoms with E-state index in [-0.39, 0.29) is 38.2 Å². The van der Waals surface area contributed by atoms with E-state index in [0.717, 1.165) is 61.1 Å². The number of alkyl halides is 3. The number of rotatable bonds is 3. The van der Waals surface area contributed by atoms with Crippen molar-refractivity contribution in [3.63, 3.8) is 0 Å². The van der Waals surface area contributed by atoms with Gasteiger partial charge in [0.2, 0.25) is 6.29 Å². The summed E-state index contributed by atoms with van der Waals surface area (Å²) in [6.07, 6.45) is 7.93. The lowest BCUT2D eigenvalue weighted by molar-refractivity contribution is -0.156. The smallest absolute Gasteiger partial charge is 0.444 e. The Morgan fingerprint density at radius 1 is 0.846 bits per heavy atom. The number of hydrogen-bond donors (Lipinski definition) is 1. The molecule has 7 rings (SSSR count). The number of nitrogens with zero attached hydrogens (tertiary/aromatic N) is 5. The number of carbonyl (C=O) groups is 3. The van der Waals surface area contributed by atoms with Gasteiger partial charge in [0.15, 0.2) is 0 Å². The van der Waals surface area contributed by atoms with Crippen LogP contribution in [0, 0.1) is 0 Å². The largest absolute Gasteiger partial charge is 0.492 e. The van der Waals surface area contributed by atoms with Crippen molar-refractivity contribution in [1.82, 2.24) is 30.1 Å². The molecular formula is C44H69BBrF3N6O7S3. The summed E-state index contributed by atoms with van der Waals surface area (Å²) in [4.78, 5) is 51.0. The van der Waals surface area contributed by atoms with Gasteiger partial charge >= 0.3 is 25.5 Å². The molecule has 0 radical (unpaired) electrons. The highest BCUT2D eigenvalue weighted by atomic mass is 79.9. The third-order valence-electron chi connectivity index (χ3n) is 9.63. The maximum Gasteiger partial charge on any atom is 0.492 e. The Morgan fingerprint density at radius 2 is 1.40 bits per heavy atom. The first-order valence-corrected chi connectivity index (χ1v) is 24.0. The van der Waals surface area contributed by atoms with E-state index >= 15 is 0 Å². The summed E-state index contributed by atoms with van der Waals surface area (Å²) in [5.41, 5.74) is 6.27. The van der Waals surface area contributed by atoms with Crippen LogP contribution >= 0.6 is 49.9 Å². The fraction of sp³-hybridized carbons (Fsp3) is 0.636. The normalized spacial score (nSPS) is 18.9. The van der Waals surface area contributed by atoms with Gasteiger partial charge in [-0.3, -0.25) is 19.7 Å². The van der Waals surface area contributed by atoms with Gasteiger partial charge in [-0.25, -0.2) is 9.59 Å². The number of aromatic nitrogens is 3. The Kier molecular flexibility index (Phi) is 24.8. The lowest BCUT2D eigenvalue weighted by atomic mass is 9.76. The third kappa shape index (κ3) is 22.0. The van der Waals surface area contributed by atoms with E-state index in [1.54, 1.807) is 50.6 Å². The van der Waals surface area contributed by atoms with Gasteiger partial charge in [0.25, 0.3) is 0 Å². The zero-order valence-corrected chi connectivity index (χ0v) is 41.8. The monoisotopic (exact) mass is 1040 g/mol. The topological polar surface area (TPSA) is 145 Å². The average molecular weight is 1040 g/mol. The average Bonchev–Trinajstić information content (AvgIpc) is 4.05. The third-order valence-corrected chi connectivity index (χ3v) is 12.7. The predicted molar refractivity (Wildman–Crippen MR) is 261 cm³/mol. The van der Waals surface area contributed by atoms with Gasteiger partial charge in [-0.05, 0) is 128 Å². The van der Waals surface area contributed by atoms with E-state index in [1.807, 2.05) is 97.6 Å². The summed E-state index contributed by atoms with van der Waals surface area (Å²) in [6, 6.07) is 0. The fourth-order valence-corrected chi connectivity index (χ4v) is 8.08. The molecule has 2 amide bonds. The van der Waals surface area contributed by atoms with Crippen LogP contribution in [0.1, 0.15) is 125 Å². The Bertz CT molecular complexity index is 1890. The summed E-state index contributed by atoms with van der Waals surface area (Å²) >= 11 is 8.20. The van der Waals surface area contributed by atoms with Crippen molar-refractivity contribution >= 4 is 81.1 Å². The predicted octanol–water partition coefficient (Wildman–Crippen LogP) is 11.9. The molecule has 1 N–H and O–H groups in total. The number of thiazole rings is 3. The lowest BCUT2D eigenvalue weighted by Gasteiger charge is -2.33. The van der Waals surface area contributed by atoms with Crippen molar-refractivity contribution in [3.8, 4) is 0 Å². The van der Waals surface area contributed by atoms with Crippen molar-refractivity contribution in [2.75, 3.05) is 39.3 Å². The summed E-state index contributed by atoms with van der Waals surface area (Å²) in [7, 11) is -0.393. The molecule has 7 heterocycles. The van der Waals surface area contributed by atoms with Crippen molar-refractivity contribution in [2.45, 2.75) is 144 Å². The molecule has 0 aromatic carbocycles. The van der Waals surface area contributed by atoms with Crippen molar-refractivity contribution in [1.29, 1.82) is 0 Å². The summed E-state index contributed by atoms with van der Waals surface area (Å²) < 4.78 is 55.3. The fourth-order valence-electron chi connectivity index (χ4n) is 5.95. The second-order valence-corrected chi connectivity index (χ2v) is 21.8. The summed E-state index contributed by atoms with van der Waals surface area (Å²) in [5, 5.41) is 3.33. The quantitative estimate of drug-likeness (QED) is 0.198. The first-order chi connectivity index (χ1) is 29.3. The molecule has 4 aliphatic rings. The molecule has 3 aromatic heterocycles. The number of amides is 2. The zero-order chi connectivity index (χ0) is 47.1. The first kappa shape index (κ1) is 59.8. The van der Waals surface area contributed by atoms with Gasteiger partial charge in [-0.2, -0.15) is 13.2 Å². The summed E-state index contributed by atoms with van der Waals surface area (Å²) in [5.74, 6) is 0.416. The number of carbonyl (C=O) groups excluding carboxylic acids is 3. The van der Waals surface area contributed by atoms with Crippen LogP contribution in [0.3, 0.4) is 0 Å². The number of aldehydes is 1. The highest BCUT2D eigenvalue weighted by Gasteiger charge is 2.52. The molecule has 1 unspecified atom stereocenters. The molecule has 0 aliphatic carbocycles. The van der Waals surface area contributed by atoms with Crippen molar-refractivity contribution < 1.29 is 46.3 Å². The van der Waals surface area contributed by atoms with Gasteiger partial charge in [0.1, 0.15) is 11.2 Å². The van der Waals surface area contributed by atoms with Crippen LogP contribution in [0.15, 0.2) is 56.5 Å². The highest BCUT2D eigenvalue weighted by molar-refractivity contribution is 9.11. The molecule has 3 aromatic rings. The number of ether oxygens (including phenoxy) is 2. The Balaban J connectivity index is 0.000000438. The number of hydrogen-bond acceptors (Lipinski definition) is 14. The van der Waals surface area contributed by atoms with E-state index in [4.69, 9.17) is 23.6 Å². The first-order valence-electron chi connectivity index (χ1n) is 20.5. The van der Waals surface area contributed by atoms with Crippen LogP contribution in [0.2, 0.25) is 0 Å². The van der Waals surface area contributed by atoms with E-state index in [0.29, 0.717) is 19.0 Å². The Labute approximate surface area is 405 Å². The Hall–Kier alpha value is -3.21. The number of halogens is 4. The maximum absolute atomic E-state index is 12.2. The standard InChI is InChI=1S/C16H28BNO4.C13H20N2O2S.C8H10N2S.C3H2BrNS.C2HF3O.2CH4/c1-14(2,3)20-13(19)18-10-8-9-12(11-18)17-21-15(4,5)16(6,7)22-17;1-13(2,3)17-12(16)15-6-4-5-10(8-15)11-7-14-9-18-11;1-2-7(4-9-3-1)8-5-10-6-11-8;4-3-1-5-2-6-3;3-2(4,5)1-6;;/h9H,8,10-11H2,1-7H3;7,9-10H,4-6,8H2,1-3H3;2,5-6,9H,1,3-4H2;1-2H;1H;2*1H4. The van der Waals surface area contributed by atoms with Crippen LogP contribution < -0.4 is 5.32 Å². The van der Waals surface area contributed by atoms with Gasteiger partial charge in [-0.1, -0.05) is 27.0 Å². The van der Waals surface area contributed by atoms with E-state index < -0.39 is 30.8 Å². The second kappa shape index (κ2) is 27.0. The molecule has 1 atom stereocenters. The van der Waals surface area contributed by atoms with Gasteiger partial charge in [0, 0.05) is 55.9 Å². The minimum Gasteiger partial charge on any atom is -0.444 e. The van der Waals surface area contributed by atoms with Crippen molar-refractivity contribution in [2.24, 2.45) is 0 Å². The molecule has 0 spiro atoms. The molecule has 13 nitrogen and oxygen atoms in total. The van der Waals surface area contributed by atoms with Gasteiger partial charge < -0.3 is 33.9 Å². The highest BCUT2D eigenvalue weighted by Crippen LogP contribution is 2.39. The molecule has 4 aliphatic heterocycles. The van der Waals surface area contributed by atoms with Crippen LogP contribution in [-0.4, -0.2) is 118 Å². The summed E-state index contributed by atoms with van der Waals surface area (Å²) in [6.45, 7) is 24.3. The number of likely N-dealkylation sites (tertiary alicyclic amines) is 1. The minimum absolute atomic E-state index is 0. The SMILES string of the molecule is Brc1cncs1.C.C.C1=C(c2cncs2)CNCC1.CC(C)(C)OC(=O)N1CCC=C(B2OC(C)(C)C(C)(C)O2)C1.CC(C)(C)OC(=O)N1CCCC(c2cncs2)C1.O=CC(F)(F)F. The van der Waals surface area contributed by atoms with Crippen LogP contribution in [0.25, 0.3) is 5.57 Å². The number of nitrogens with one attached hydrogen (secondary N) is 1. The zero-order valence-electron chi connectivity index (χ0n) is 37.8. The van der Waals surface area contributed by atoms with E-state index in [9.17, 15) is 22.8 Å². The molecule has 65 heavy (non-hydrogen) atoms. The maximum atomic E-state index is 12.2. The van der Waals surface area contributed by atoms with Gasteiger partial charge in [-0.15, -0.1) is 34.0 Å². The molecular weight excluding hydrogens is 968 g/mol. The van der Waals surface area contributed by atoms with Crippen molar-refractivity contribution in [3.05, 3.63) is 66.3 Å². The van der Waals surface area contributed by atoms with E-state index in [2.05, 4.69) is 48.4 Å². The molecule has 0 bridgehead atoms. The second-order valence-electron chi connectivity index (χ2n) is 17.8. The number of piperidine rings is 1. The van der Waals surface area contributed by atoms with Crippen LogP contribution in [-0.2, 0) is 23.6 Å². The lowest BCUT2D eigenvalue weighted by Crippen LogP contribution is -2.42. The van der Waals surface area contributed by atoms with Gasteiger partial charge in [0.05, 0.1) is 42.6 Å². The molecule has 366 valence electrons. The van der Waals surface area contributed by atoms with E-state index in [1.165, 1.54) is 15.3 Å². The molecule has 0 saturated carbocycles. The molecule has 2 saturated heterocycles. The molecule has 21 heteroatoms. The van der Waals surface area contributed by atoms with Crippen LogP contribution in [0.4, 0.5) is 22.8 Å². The Morgan fingerprint density at radius 3 is 1.85 bits per heavy atom.